The molecule has 0 bridgehead atoms. The minimum absolute atomic E-state index is 0.0176. The predicted octanol–water partition coefficient (Wildman–Crippen LogP) is 4.54. The lowest BCUT2D eigenvalue weighted by Crippen LogP contribution is -2.31. The van der Waals surface area contributed by atoms with Gasteiger partial charge < -0.3 is 16.0 Å². The van der Waals surface area contributed by atoms with Crippen LogP contribution in [-0.4, -0.2) is 24.4 Å². The van der Waals surface area contributed by atoms with Gasteiger partial charge in [-0.05, 0) is 48.6 Å². The van der Waals surface area contributed by atoms with E-state index in [4.69, 9.17) is 0 Å². The van der Waals surface area contributed by atoms with Crippen LogP contribution < -0.4 is 16.0 Å². The standard InChI is InChI=1S/C26H27N3O2/c1-18(19-11-13-21(14-12-19)20-7-3-2-4-8-20)27-17-25(30)29-24-10-6-5-9-23(24)26(31)28-22-15-16-22/h2-14,18,22,27H,15-17H2,1H3,(H,28,31)(H,29,30). The summed E-state index contributed by atoms with van der Waals surface area (Å²) in [6.07, 6.45) is 2.04. The summed E-state index contributed by atoms with van der Waals surface area (Å²) in [5, 5.41) is 9.08. The Morgan fingerprint density at radius 3 is 2.23 bits per heavy atom. The molecular weight excluding hydrogens is 386 g/mol. The molecule has 31 heavy (non-hydrogen) atoms. The average Bonchev–Trinajstić information content (AvgIpc) is 3.62. The molecule has 5 heteroatoms. The number of amides is 2. The van der Waals surface area contributed by atoms with Gasteiger partial charge in [0.25, 0.3) is 5.91 Å². The molecule has 1 saturated carbocycles. The summed E-state index contributed by atoms with van der Waals surface area (Å²) in [5.41, 5.74) is 4.48. The largest absolute Gasteiger partial charge is 0.349 e. The Bertz CT molecular complexity index is 1040. The van der Waals surface area contributed by atoms with Crippen LogP contribution in [0.25, 0.3) is 11.1 Å². The molecule has 0 heterocycles. The van der Waals surface area contributed by atoms with Gasteiger partial charge in [0.15, 0.2) is 0 Å². The summed E-state index contributed by atoms with van der Waals surface area (Å²) in [7, 11) is 0. The fourth-order valence-corrected chi connectivity index (χ4v) is 3.43. The van der Waals surface area contributed by atoms with Crippen molar-refractivity contribution in [3.8, 4) is 11.1 Å². The first kappa shape index (κ1) is 20.8. The van der Waals surface area contributed by atoms with Gasteiger partial charge in [0, 0.05) is 12.1 Å². The number of carbonyl (C=O) groups is 2. The van der Waals surface area contributed by atoms with Crippen molar-refractivity contribution in [2.75, 3.05) is 11.9 Å². The number of rotatable bonds is 8. The number of para-hydroxylation sites is 1. The van der Waals surface area contributed by atoms with E-state index in [2.05, 4.69) is 52.3 Å². The lowest BCUT2D eigenvalue weighted by Gasteiger charge is -2.16. The topological polar surface area (TPSA) is 70.2 Å². The van der Waals surface area contributed by atoms with Crippen LogP contribution in [0.15, 0.2) is 78.9 Å². The van der Waals surface area contributed by atoms with Crippen LogP contribution in [0, 0.1) is 0 Å². The smallest absolute Gasteiger partial charge is 0.253 e. The highest BCUT2D eigenvalue weighted by Crippen LogP contribution is 2.23. The lowest BCUT2D eigenvalue weighted by molar-refractivity contribution is -0.115. The summed E-state index contributed by atoms with van der Waals surface area (Å²) < 4.78 is 0. The van der Waals surface area contributed by atoms with Crippen LogP contribution in [-0.2, 0) is 4.79 Å². The van der Waals surface area contributed by atoms with E-state index >= 15 is 0 Å². The van der Waals surface area contributed by atoms with E-state index in [-0.39, 0.29) is 30.4 Å². The molecule has 1 fully saturated rings. The molecule has 1 atom stereocenters. The third kappa shape index (κ3) is 5.58. The molecule has 4 rings (SSSR count). The first-order valence-corrected chi connectivity index (χ1v) is 10.7. The Morgan fingerprint density at radius 2 is 1.52 bits per heavy atom. The number of hydrogen-bond donors (Lipinski definition) is 3. The molecular formula is C26H27N3O2. The van der Waals surface area contributed by atoms with Crippen LogP contribution in [0.5, 0.6) is 0 Å². The maximum atomic E-state index is 12.5. The second-order valence-electron chi connectivity index (χ2n) is 7.93. The fraction of sp³-hybridized carbons (Fsp3) is 0.231. The maximum Gasteiger partial charge on any atom is 0.253 e. The first-order valence-electron chi connectivity index (χ1n) is 10.7. The molecule has 1 aliphatic rings. The molecule has 3 N–H and O–H groups in total. The van der Waals surface area contributed by atoms with Crippen molar-refractivity contribution in [2.45, 2.75) is 31.8 Å². The Balaban J connectivity index is 1.32. The Labute approximate surface area is 182 Å². The zero-order chi connectivity index (χ0) is 21.6. The minimum atomic E-state index is -0.181. The zero-order valence-electron chi connectivity index (χ0n) is 17.6. The van der Waals surface area contributed by atoms with Gasteiger partial charge >= 0.3 is 0 Å². The van der Waals surface area contributed by atoms with Gasteiger partial charge in [-0.3, -0.25) is 9.59 Å². The molecule has 2 amide bonds. The van der Waals surface area contributed by atoms with Gasteiger partial charge in [0.1, 0.15) is 0 Å². The SMILES string of the molecule is CC(NCC(=O)Nc1ccccc1C(=O)NC1CC1)c1ccc(-c2ccccc2)cc1. The third-order valence-electron chi connectivity index (χ3n) is 5.44. The quantitative estimate of drug-likeness (QED) is 0.508. The van der Waals surface area contributed by atoms with E-state index in [0.29, 0.717) is 11.3 Å². The number of anilines is 1. The highest BCUT2D eigenvalue weighted by molar-refractivity contribution is 6.04. The van der Waals surface area contributed by atoms with Gasteiger partial charge in [-0.2, -0.15) is 0 Å². The molecule has 0 aliphatic heterocycles. The molecule has 1 unspecified atom stereocenters. The molecule has 0 radical (unpaired) electrons. The molecule has 158 valence electrons. The van der Waals surface area contributed by atoms with Gasteiger partial charge in [-0.15, -0.1) is 0 Å². The van der Waals surface area contributed by atoms with Crippen molar-refractivity contribution in [3.63, 3.8) is 0 Å². The van der Waals surface area contributed by atoms with Gasteiger partial charge in [0.2, 0.25) is 5.91 Å². The van der Waals surface area contributed by atoms with Crippen LogP contribution in [0.2, 0.25) is 0 Å². The Kier molecular flexibility index (Phi) is 6.43. The molecule has 5 nitrogen and oxygen atoms in total. The molecule has 0 spiro atoms. The normalized spacial score (nSPS) is 14.0. The number of nitrogens with one attached hydrogen (secondary N) is 3. The summed E-state index contributed by atoms with van der Waals surface area (Å²) >= 11 is 0. The van der Waals surface area contributed by atoms with Crippen LogP contribution >= 0.6 is 0 Å². The predicted molar refractivity (Wildman–Crippen MR) is 124 cm³/mol. The second-order valence-corrected chi connectivity index (χ2v) is 7.93. The zero-order valence-corrected chi connectivity index (χ0v) is 17.6. The monoisotopic (exact) mass is 413 g/mol. The van der Waals surface area contributed by atoms with Crippen molar-refractivity contribution < 1.29 is 9.59 Å². The molecule has 3 aromatic rings. The molecule has 1 aliphatic carbocycles. The van der Waals surface area contributed by atoms with E-state index in [0.717, 1.165) is 24.0 Å². The van der Waals surface area contributed by atoms with Crippen molar-refractivity contribution in [3.05, 3.63) is 90.0 Å². The van der Waals surface area contributed by atoms with E-state index in [9.17, 15) is 9.59 Å². The number of benzene rings is 3. The van der Waals surface area contributed by atoms with Crippen molar-refractivity contribution in [1.82, 2.24) is 10.6 Å². The van der Waals surface area contributed by atoms with Gasteiger partial charge in [-0.1, -0.05) is 66.7 Å². The molecule has 0 aromatic heterocycles. The average molecular weight is 414 g/mol. The van der Waals surface area contributed by atoms with Gasteiger partial charge in [0.05, 0.1) is 17.8 Å². The van der Waals surface area contributed by atoms with Crippen molar-refractivity contribution >= 4 is 17.5 Å². The summed E-state index contributed by atoms with van der Waals surface area (Å²) in [6.45, 7) is 2.18. The summed E-state index contributed by atoms with van der Waals surface area (Å²) in [6, 6.07) is 26.0. The highest BCUT2D eigenvalue weighted by Gasteiger charge is 2.25. The van der Waals surface area contributed by atoms with Crippen molar-refractivity contribution in [2.24, 2.45) is 0 Å². The van der Waals surface area contributed by atoms with Gasteiger partial charge in [-0.25, -0.2) is 0 Å². The number of hydrogen-bond acceptors (Lipinski definition) is 3. The van der Waals surface area contributed by atoms with Crippen LogP contribution in [0.4, 0.5) is 5.69 Å². The number of carbonyl (C=O) groups excluding carboxylic acids is 2. The maximum absolute atomic E-state index is 12.5. The van der Waals surface area contributed by atoms with E-state index in [1.165, 1.54) is 5.56 Å². The Hall–Kier alpha value is -3.44. The highest BCUT2D eigenvalue weighted by atomic mass is 16.2. The fourth-order valence-electron chi connectivity index (χ4n) is 3.43. The first-order chi connectivity index (χ1) is 15.1. The van der Waals surface area contributed by atoms with E-state index < -0.39 is 0 Å². The molecule has 3 aromatic carbocycles. The van der Waals surface area contributed by atoms with E-state index in [1.54, 1.807) is 18.2 Å². The van der Waals surface area contributed by atoms with Crippen LogP contribution in [0.3, 0.4) is 0 Å². The van der Waals surface area contributed by atoms with Crippen LogP contribution in [0.1, 0.15) is 41.7 Å². The summed E-state index contributed by atoms with van der Waals surface area (Å²) in [5.74, 6) is -0.322. The Morgan fingerprint density at radius 1 is 0.871 bits per heavy atom. The third-order valence-corrected chi connectivity index (χ3v) is 5.44. The van der Waals surface area contributed by atoms with Crippen molar-refractivity contribution in [1.29, 1.82) is 0 Å². The molecule has 0 saturated heterocycles. The lowest BCUT2D eigenvalue weighted by atomic mass is 10.0. The second kappa shape index (κ2) is 9.58. The summed E-state index contributed by atoms with van der Waals surface area (Å²) in [4.78, 5) is 24.9. The van der Waals surface area contributed by atoms with E-state index in [1.807, 2.05) is 31.2 Å². The minimum Gasteiger partial charge on any atom is -0.349 e.